The Bertz CT molecular complexity index is 451. The SMILES string of the molecule is Cl.Cl.FC(F)(F)[C@H](c1cccc(Cl)c1Cl)N1CCNCC1. The van der Waals surface area contributed by atoms with Crippen LogP contribution in [0, 0.1) is 0 Å². The Balaban J connectivity index is 0.00000200. The van der Waals surface area contributed by atoms with Gasteiger partial charge in [0.25, 0.3) is 0 Å². The van der Waals surface area contributed by atoms with Crippen molar-refractivity contribution < 1.29 is 13.2 Å². The first-order valence-electron chi connectivity index (χ1n) is 5.86. The minimum atomic E-state index is -4.38. The van der Waals surface area contributed by atoms with E-state index in [9.17, 15) is 13.2 Å². The molecule has 1 saturated heterocycles. The fraction of sp³-hybridized carbons (Fsp3) is 0.500. The van der Waals surface area contributed by atoms with Crippen LogP contribution >= 0.6 is 48.0 Å². The van der Waals surface area contributed by atoms with E-state index in [1.807, 2.05) is 0 Å². The van der Waals surface area contributed by atoms with Gasteiger partial charge in [-0.25, -0.2) is 0 Å². The van der Waals surface area contributed by atoms with Crippen LogP contribution in [0.3, 0.4) is 0 Å². The molecule has 122 valence electrons. The van der Waals surface area contributed by atoms with Crippen LogP contribution in [0.5, 0.6) is 0 Å². The molecule has 1 fully saturated rings. The summed E-state index contributed by atoms with van der Waals surface area (Å²) in [5.74, 6) is 0. The third-order valence-electron chi connectivity index (χ3n) is 3.10. The summed E-state index contributed by atoms with van der Waals surface area (Å²) < 4.78 is 40.0. The van der Waals surface area contributed by atoms with E-state index >= 15 is 0 Å². The van der Waals surface area contributed by atoms with Gasteiger partial charge < -0.3 is 5.32 Å². The van der Waals surface area contributed by atoms with Gasteiger partial charge in [0.1, 0.15) is 6.04 Å². The second-order valence-electron chi connectivity index (χ2n) is 4.37. The smallest absolute Gasteiger partial charge is 0.314 e. The molecule has 0 aliphatic carbocycles. The summed E-state index contributed by atoms with van der Waals surface area (Å²) in [6.07, 6.45) is -4.38. The van der Waals surface area contributed by atoms with Gasteiger partial charge >= 0.3 is 6.18 Å². The average molecular weight is 386 g/mol. The van der Waals surface area contributed by atoms with Crippen LogP contribution in [-0.2, 0) is 0 Å². The molecule has 0 amide bonds. The summed E-state index contributed by atoms with van der Waals surface area (Å²) in [5.41, 5.74) is 0.0172. The summed E-state index contributed by atoms with van der Waals surface area (Å²) in [6, 6.07) is 2.65. The number of hydrogen-bond donors (Lipinski definition) is 1. The fourth-order valence-electron chi connectivity index (χ4n) is 2.25. The lowest BCUT2D eigenvalue weighted by Gasteiger charge is -2.36. The van der Waals surface area contributed by atoms with Crippen LogP contribution in [0.4, 0.5) is 13.2 Å². The van der Waals surface area contributed by atoms with Crippen molar-refractivity contribution in [1.82, 2.24) is 10.2 Å². The Morgan fingerprint density at radius 3 is 2.19 bits per heavy atom. The van der Waals surface area contributed by atoms with Crippen LogP contribution in [0.1, 0.15) is 11.6 Å². The summed E-state index contributed by atoms with van der Waals surface area (Å²) in [6.45, 7) is 1.72. The van der Waals surface area contributed by atoms with Crippen molar-refractivity contribution in [3.8, 4) is 0 Å². The Hall–Kier alpha value is 0.0900. The first-order chi connectivity index (χ1) is 8.91. The molecule has 1 atom stereocenters. The maximum atomic E-state index is 13.3. The van der Waals surface area contributed by atoms with Crippen LogP contribution in [0.2, 0.25) is 10.0 Å². The monoisotopic (exact) mass is 384 g/mol. The number of alkyl halides is 3. The van der Waals surface area contributed by atoms with Crippen molar-refractivity contribution in [1.29, 1.82) is 0 Å². The number of halogens is 7. The Kier molecular flexibility index (Phi) is 8.69. The summed E-state index contributed by atoms with van der Waals surface area (Å²) in [5, 5.41) is 3.15. The van der Waals surface area contributed by atoms with E-state index in [2.05, 4.69) is 5.32 Å². The van der Waals surface area contributed by atoms with Gasteiger partial charge in [0.05, 0.1) is 10.0 Å². The van der Waals surface area contributed by atoms with Crippen molar-refractivity contribution in [3.05, 3.63) is 33.8 Å². The van der Waals surface area contributed by atoms with E-state index in [0.29, 0.717) is 26.2 Å². The maximum Gasteiger partial charge on any atom is 0.408 e. The lowest BCUT2D eigenvalue weighted by Crippen LogP contribution is -2.49. The second kappa shape index (κ2) is 8.65. The van der Waals surface area contributed by atoms with Crippen molar-refractivity contribution in [3.63, 3.8) is 0 Å². The van der Waals surface area contributed by atoms with E-state index in [-0.39, 0.29) is 40.4 Å². The Labute approximate surface area is 143 Å². The number of benzene rings is 1. The molecule has 1 aliphatic heterocycles. The molecular formula is C12H15Cl4F3N2. The molecule has 2 rings (SSSR count). The van der Waals surface area contributed by atoms with E-state index in [1.54, 1.807) is 0 Å². The molecule has 9 heteroatoms. The fourth-order valence-corrected chi connectivity index (χ4v) is 2.66. The summed E-state index contributed by atoms with van der Waals surface area (Å²) >= 11 is 11.8. The molecule has 2 nitrogen and oxygen atoms in total. The van der Waals surface area contributed by atoms with Crippen molar-refractivity contribution in [2.75, 3.05) is 26.2 Å². The molecule has 0 unspecified atom stereocenters. The van der Waals surface area contributed by atoms with Gasteiger partial charge in [-0.1, -0.05) is 35.3 Å². The number of hydrogen-bond acceptors (Lipinski definition) is 2. The Morgan fingerprint density at radius 1 is 1.10 bits per heavy atom. The maximum absolute atomic E-state index is 13.3. The molecule has 0 saturated carbocycles. The average Bonchev–Trinajstić information content (AvgIpc) is 2.35. The molecule has 0 aromatic heterocycles. The van der Waals surface area contributed by atoms with Crippen molar-refractivity contribution in [2.24, 2.45) is 0 Å². The largest absolute Gasteiger partial charge is 0.408 e. The van der Waals surface area contributed by atoms with E-state index in [0.717, 1.165) is 0 Å². The summed E-state index contributed by atoms with van der Waals surface area (Å²) in [4.78, 5) is 1.38. The van der Waals surface area contributed by atoms with Gasteiger partial charge in [-0.05, 0) is 11.6 Å². The Morgan fingerprint density at radius 2 is 1.67 bits per heavy atom. The third-order valence-corrected chi connectivity index (χ3v) is 3.94. The molecule has 0 bridgehead atoms. The van der Waals surface area contributed by atoms with Gasteiger partial charge in [0.2, 0.25) is 0 Å². The minimum absolute atomic E-state index is 0. The predicted octanol–water partition coefficient (Wildman–Crippen LogP) is 4.35. The van der Waals surface area contributed by atoms with Crippen LogP contribution in [-0.4, -0.2) is 37.3 Å². The quantitative estimate of drug-likeness (QED) is 0.814. The second-order valence-corrected chi connectivity index (χ2v) is 5.16. The highest BCUT2D eigenvalue weighted by molar-refractivity contribution is 6.42. The van der Waals surface area contributed by atoms with E-state index in [1.165, 1.54) is 23.1 Å². The molecule has 1 aromatic rings. The first kappa shape index (κ1) is 21.1. The van der Waals surface area contributed by atoms with Crippen molar-refractivity contribution >= 4 is 48.0 Å². The lowest BCUT2D eigenvalue weighted by molar-refractivity contribution is -0.187. The zero-order chi connectivity index (χ0) is 14.0. The number of piperazine rings is 1. The molecule has 1 N–H and O–H groups in total. The van der Waals surface area contributed by atoms with Gasteiger partial charge in [0, 0.05) is 26.2 Å². The summed E-state index contributed by atoms with van der Waals surface area (Å²) in [7, 11) is 0. The van der Waals surface area contributed by atoms with Crippen molar-refractivity contribution in [2.45, 2.75) is 12.2 Å². The van der Waals surface area contributed by atoms with E-state index in [4.69, 9.17) is 23.2 Å². The number of nitrogens with one attached hydrogen (secondary N) is 1. The number of rotatable bonds is 2. The first-order valence-corrected chi connectivity index (χ1v) is 6.62. The van der Waals surface area contributed by atoms with Gasteiger partial charge in [-0.2, -0.15) is 13.2 Å². The van der Waals surface area contributed by atoms with E-state index < -0.39 is 12.2 Å². The van der Waals surface area contributed by atoms with Gasteiger partial charge in [-0.3, -0.25) is 4.90 Å². The molecule has 0 spiro atoms. The number of nitrogens with zero attached hydrogens (tertiary/aromatic N) is 1. The molecule has 0 radical (unpaired) electrons. The molecule has 1 aliphatic rings. The van der Waals surface area contributed by atoms with Gasteiger partial charge in [-0.15, -0.1) is 24.8 Å². The van der Waals surface area contributed by atoms with Gasteiger partial charge in [0.15, 0.2) is 0 Å². The van der Waals surface area contributed by atoms with Crippen LogP contribution in [0.25, 0.3) is 0 Å². The highest BCUT2D eigenvalue weighted by atomic mass is 35.5. The standard InChI is InChI=1S/C12H13Cl2F3N2.2ClH/c13-9-3-1-2-8(10(9)14)11(12(15,16)17)19-6-4-18-5-7-19;;/h1-3,11,18H,4-7H2;2*1H/t11-;;/m0../s1. The van der Waals surface area contributed by atoms with Crippen LogP contribution in [0.15, 0.2) is 18.2 Å². The predicted molar refractivity (Wildman–Crippen MR) is 84.2 cm³/mol. The molecule has 1 heterocycles. The van der Waals surface area contributed by atoms with Crippen LogP contribution < -0.4 is 5.32 Å². The zero-order valence-corrected chi connectivity index (χ0v) is 13.9. The molecular weight excluding hydrogens is 371 g/mol. The molecule has 1 aromatic carbocycles. The topological polar surface area (TPSA) is 15.3 Å². The highest BCUT2D eigenvalue weighted by Gasteiger charge is 2.45. The molecule has 21 heavy (non-hydrogen) atoms. The third kappa shape index (κ3) is 5.05. The minimum Gasteiger partial charge on any atom is -0.314 e. The normalized spacial score (nSPS) is 17.6. The highest BCUT2D eigenvalue weighted by Crippen LogP contribution is 2.42. The zero-order valence-electron chi connectivity index (χ0n) is 10.8. The lowest BCUT2D eigenvalue weighted by atomic mass is 10.0.